The van der Waals surface area contributed by atoms with Crippen LogP contribution in [0.1, 0.15) is 27.7 Å². The van der Waals surface area contributed by atoms with Gasteiger partial charge in [-0.1, -0.05) is 0 Å². The van der Waals surface area contributed by atoms with Crippen molar-refractivity contribution in [3.8, 4) is 5.88 Å². The maximum absolute atomic E-state index is 5.28. The predicted octanol–water partition coefficient (Wildman–Crippen LogP) is 2.28. The van der Waals surface area contributed by atoms with E-state index in [1.54, 1.807) is 6.20 Å². The Bertz CT molecular complexity index is 316. The first kappa shape index (κ1) is 13.8. The molecule has 0 aliphatic heterocycles. The van der Waals surface area contributed by atoms with Gasteiger partial charge in [-0.05, 0) is 33.8 Å². The molecule has 0 bridgehead atoms. The molecule has 4 heteroatoms. The normalized spacial score (nSPS) is 11.3. The monoisotopic (exact) mass is 237 g/mol. The lowest BCUT2D eigenvalue weighted by Gasteiger charge is -2.20. The molecule has 0 aliphatic carbocycles. The Morgan fingerprint density at radius 3 is 2.53 bits per heavy atom. The van der Waals surface area contributed by atoms with Gasteiger partial charge in [0.15, 0.2) is 0 Å². The summed E-state index contributed by atoms with van der Waals surface area (Å²) in [6.45, 7) is 10.9. The van der Waals surface area contributed by atoms with Gasteiger partial charge in [-0.25, -0.2) is 4.98 Å². The fourth-order valence-corrected chi connectivity index (χ4v) is 1.36. The van der Waals surface area contributed by atoms with Crippen LogP contribution in [0.4, 0.5) is 5.69 Å². The van der Waals surface area contributed by atoms with E-state index in [9.17, 15) is 0 Å². The van der Waals surface area contributed by atoms with Gasteiger partial charge in [-0.2, -0.15) is 0 Å². The van der Waals surface area contributed by atoms with E-state index in [0.29, 0.717) is 12.5 Å². The molecule has 0 radical (unpaired) electrons. The van der Waals surface area contributed by atoms with Crippen molar-refractivity contribution in [3.05, 3.63) is 18.3 Å². The van der Waals surface area contributed by atoms with E-state index in [-0.39, 0.29) is 5.54 Å². The van der Waals surface area contributed by atoms with Crippen LogP contribution in [-0.4, -0.2) is 30.2 Å². The molecule has 0 spiro atoms. The first-order valence-electron chi connectivity index (χ1n) is 6.09. The van der Waals surface area contributed by atoms with Crippen LogP contribution in [0.15, 0.2) is 18.3 Å². The smallest absolute Gasteiger partial charge is 0.213 e. The van der Waals surface area contributed by atoms with Crippen molar-refractivity contribution in [3.63, 3.8) is 0 Å². The molecule has 1 heterocycles. The topological polar surface area (TPSA) is 46.2 Å². The van der Waals surface area contributed by atoms with E-state index in [4.69, 9.17) is 4.74 Å². The van der Waals surface area contributed by atoms with Crippen molar-refractivity contribution in [2.75, 3.05) is 25.0 Å². The molecule has 17 heavy (non-hydrogen) atoms. The summed E-state index contributed by atoms with van der Waals surface area (Å²) in [6, 6.07) is 3.86. The Labute approximate surface area is 104 Å². The van der Waals surface area contributed by atoms with Gasteiger partial charge in [0.25, 0.3) is 0 Å². The van der Waals surface area contributed by atoms with Crippen LogP contribution in [0.25, 0.3) is 0 Å². The van der Waals surface area contributed by atoms with Crippen molar-refractivity contribution in [2.45, 2.75) is 33.2 Å². The van der Waals surface area contributed by atoms with E-state index < -0.39 is 0 Å². The molecule has 0 atom stereocenters. The number of pyridine rings is 1. The predicted molar refractivity (Wildman–Crippen MR) is 71.7 cm³/mol. The van der Waals surface area contributed by atoms with Gasteiger partial charge >= 0.3 is 0 Å². The molecule has 0 aliphatic rings. The Kier molecular flexibility index (Phi) is 5.22. The lowest BCUT2D eigenvalue weighted by Crippen LogP contribution is -2.38. The molecule has 0 saturated heterocycles. The minimum absolute atomic E-state index is 0.165. The average Bonchev–Trinajstić information content (AvgIpc) is 2.26. The summed E-state index contributed by atoms with van der Waals surface area (Å²) in [5.41, 5.74) is 1.18. The highest BCUT2D eigenvalue weighted by atomic mass is 16.5. The van der Waals surface area contributed by atoms with Crippen LogP contribution in [-0.2, 0) is 0 Å². The standard InChI is InChI=1S/C13H23N3O/c1-5-17-12-7-6-11(10-15-12)14-8-9-16-13(2,3)4/h6-7,10,14,16H,5,8-9H2,1-4H3. The second-order valence-corrected chi connectivity index (χ2v) is 4.92. The van der Waals surface area contributed by atoms with Gasteiger partial charge in [-0.3, -0.25) is 0 Å². The van der Waals surface area contributed by atoms with Gasteiger partial charge in [0, 0.05) is 24.7 Å². The van der Waals surface area contributed by atoms with Crippen LogP contribution in [0.2, 0.25) is 0 Å². The zero-order chi connectivity index (χ0) is 12.7. The van der Waals surface area contributed by atoms with Crippen LogP contribution in [0, 0.1) is 0 Å². The summed E-state index contributed by atoms with van der Waals surface area (Å²) in [4.78, 5) is 4.19. The number of ether oxygens (including phenoxy) is 1. The number of hydrogen-bond acceptors (Lipinski definition) is 4. The quantitative estimate of drug-likeness (QED) is 0.745. The molecular weight excluding hydrogens is 214 g/mol. The molecule has 1 aromatic rings. The molecular formula is C13H23N3O. The molecule has 96 valence electrons. The van der Waals surface area contributed by atoms with E-state index in [2.05, 4.69) is 36.4 Å². The number of rotatable bonds is 6. The lowest BCUT2D eigenvalue weighted by molar-refractivity contribution is 0.327. The van der Waals surface area contributed by atoms with Gasteiger partial charge in [-0.15, -0.1) is 0 Å². The summed E-state index contributed by atoms with van der Waals surface area (Å²) in [6.07, 6.45) is 1.79. The Hall–Kier alpha value is -1.29. The van der Waals surface area contributed by atoms with Crippen molar-refractivity contribution in [1.29, 1.82) is 0 Å². The molecule has 1 rings (SSSR count). The molecule has 0 saturated carbocycles. The Balaban J connectivity index is 2.27. The Morgan fingerprint density at radius 1 is 1.24 bits per heavy atom. The summed E-state index contributed by atoms with van der Waals surface area (Å²) in [5.74, 6) is 0.672. The summed E-state index contributed by atoms with van der Waals surface area (Å²) < 4.78 is 5.28. The van der Waals surface area contributed by atoms with Crippen LogP contribution in [0.5, 0.6) is 5.88 Å². The third kappa shape index (κ3) is 6.12. The molecule has 4 nitrogen and oxygen atoms in total. The lowest BCUT2D eigenvalue weighted by atomic mass is 10.1. The summed E-state index contributed by atoms with van der Waals surface area (Å²) >= 11 is 0. The summed E-state index contributed by atoms with van der Waals surface area (Å²) in [5, 5.41) is 6.72. The number of nitrogens with zero attached hydrogens (tertiary/aromatic N) is 1. The third-order valence-electron chi connectivity index (χ3n) is 2.14. The SMILES string of the molecule is CCOc1ccc(NCCNC(C)(C)C)cn1. The second kappa shape index (κ2) is 6.45. The summed E-state index contributed by atoms with van der Waals surface area (Å²) in [7, 11) is 0. The Morgan fingerprint density at radius 2 is 2.00 bits per heavy atom. The first-order chi connectivity index (χ1) is 8.01. The van der Waals surface area contributed by atoms with E-state index >= 15 is 0 Å². The van der Waals surface area contributed by atoms with Gasteiger partial charge in [0.05, 0.1) is 18.5 Å². The number of nitrogens with one attached hydrogen (secondary N) is 2. The minimum atomic E-state index is 0.165. The fourth-order valence-electron chi connectivity index (χ4n) is 1.36. The van der Waals surface area contributed by atoms with Crippen LogP contribution in [0.3, 0.4) is 0 Å². The molecule has 0 amide bonds. The maximum atomic E-state index is 5.28. The van der Waals surface area contributed by atoms with E-state index in [1.165, 1.54) is 0 Å². The largest absolute Gasteiger partial charge is 0.478 e. The van der Waals surface area contributed by atoms with Crippen LogP contribution < -0.4 is 15.4 Å². The van der Waals surface area contributed by atoms with Crippen LogP contribution >= 0.6 is 0 Å². The van der Waals surface area contributed by atoms with Gasteiger partial charge in [0.2, 0.25) is 5.88 Å². The number of anilines is 1. The third-order valence-corrected chi connectivity index (χ3v) is 2.14. The van der Waals surface area contributed by atoms with E-state index in [0.717, 1.165) is 18.8 Å². The minimum Gasteiger partial charge on any atom is -0.478 e. The van der Waals surface area contributed by atoms with Gasteiger partial charge < -0.3 is 15.4 Å². The van der Waals surface area contributed by atoms with Crippen molar-refractivity contribution in [1.82, 2.24) is 10.3 Å². The zero-order valence-electron chi connectivity index (χ0n) is 11.2. The van der Waals surface area contributed by atoms with Crippen molar-refractivity contribution >= 4 is 5.69 Å². The highest BCUT2D eigenvalue weighted by Crippen LogP contribution is 2.10. The zero-order valence-corrected chi connectivity index (χ0v) is 11.2. The average molecular weight is 237 g/mol. The highest BCUT2D eigenvalue weighted by Gasteiger charge is 2.06. The molecule has 2 N–H and O–H groups in total. The molecule has 1 aromatic heterocycles. The van der Waals surface area contributed by atoms with Crippen molar-refractivity contribution in [2.24, 2.45) is 0 Å². The van der Waals surface area contributed by atoms with Gasteiger partial charge in [0.1, 0.15) is 0 Å². The molecule has 0 unspecified atom stereocenters. The van der Waals surface area contributed by atoms with Crippen molar-refractivity contribution < 1.29 is 4.74 Å². The highest BCUT2D eigenvalue weighted by molar-refractivity contribution is 5.41. The second-order valence-electron chi connectivity index (χ2n) is 4.92. The molecule has 0 fully saturated rings. The molecule has 0 aromatic carbocycles. The van der Waals surface area contributed by atoms with E-state index in [1.807, 2.05) is 19.1 Å². The maximum Gasteiger partial charge on any atom is 0.213 e. The number of aromatic nitrogens is 1. The first-order valence-corrected chi connectivity index (χ1v) is 6.09. The fraction of sp³-hybridized carbons (Fsp3) is 0.615. The number of hydrogen-bond donors (Lipinski definition) is 2.